The molecule has 19 heavy (non-hydrogen) atoms. The lowest BCUT2D eigenvalue weighted by Crippen LogP contribution is -2.46. The molecule has 6 heteroatoms. The van der Waals surface area contributed by atoms with E-state index in [1.54, 1.807) is 24.3 Å². The smallest absolute Gasteiger partial charge is 0.341 e. The molecule has 1 aliphatic rings. The number of rotatable bonds is 3. The van der Waals surface area contributed by atoms with Gasteiger partial charge in [0.15, 0.2) is 6.10 Å². The Balaban J connectivity index is 2.17. The molecule has 1 aromatic carbocycles. The fourth-order valence-corrected chi connectivity index (χ4v) is 1.79. The average Bonchev–Trinajstić information content (AvgIpc) is 2.41. The minimum Gasteiger partial charge on any atom is -0.480 e. The third-order valence-electron chi connectivity index (χ3n) is 2.75. The normalized spacial score (nSPS) is 18.7. The predicted molar refractivity (Wildman–Crippen MR) is 64.6 cm³/mol. The van der Waals surface area contributed by atoms with E-state index < -0.39 is 18.0 Å². The lowest BCUT2D eigenvalue weighted by molar-refractivity contribution is -0.138. The molecule has 1 saturated heterocycles. The molecular formula is C13H13NO5. The predicted octanol–water partition coefficient (Wildman–Crippen LogP) is 0.657. The molecule has 1 heterocycles. The first-order chi connectivity index (χ1) is 9.11. The van der Waals surface area contributed by atoms with Gasteiger partial charge in [-0.3, -0.25) is 14.9 Å². The molecule has 1 atom stereocenters. The number of carbonyl (C=O) groups is 3. The molecule has 0 aliphatic carbocycles. The van der Waals surface area contributed by atoms with Crippen LogP contribution in [0.15, 0.2) is 24.3 Å². The van der Waals surface area contributed by atoms with Gasteiger partial charge in [-0.05, 0) is 12.1 Å². The second kappa shape index (κ2) is 5.51. The lowest BCUT2D eigenvalue weighted by atomic mass is 10.1. The van der Waals surface area contributed by atoms with E-state index in [1.807, 2.05) is 0 Å². The summed E-state index contributed by atoms with van der Waals surface area (Å²) in [4.78, 5) is 34.2. The minimum atomic E-state index is -0.775. The molecule has 2 amide bonds. The number of carbonyl (C=O) groups excluding carboxylic acids is 3. The average molecular weight is 263 g/mol. The molecular weight excluding hydrogens is 250 g/mol. The Morgan fingerprint density at radius 1 is 1.32 bits per heavy atom. The summed E-state index contributed by atoms with van der Waals surface area (Å²) in [5.74, 6) is -1.08. The maximum atomic E-state index is 11.6. The molecule has 0 bridgehead atoms. The van der Waals surface area contributed by atoms with Gasteiger partial charge >= 0.3 is 5.97 Å². The third-order valence-corrected chi connectivity index (χ3v) is 2.75. The number of esters is 1. The van der Waals surface area contributed by atoms with Crippen molar-refractivity contribution in [2.24, 2.45) is 0 Å². The summed E-state index contributed by atoms with van der Waals surface area (Å²) in [6.07, 6.45) is -0.264. The molecule has 1 aromatic rings. The van der Waals surface area contributed by atoms with Crippen molar-refractivity contribution in [3.63, 3.8) is 0 Å². The van der Waals surface area contributed by atoms with Crippen LogP contribution < -0.4 is 10.1 Å². The first kappa shape index (κ1) is 13.1. The van der Waals surface area contributed by atoms with E-state index >= 15 is 0 Å². The third kappa shape index (κ3) is 2.90. The van der Waals surface area contributed by atoms with Gasteiger partial charge in [0.2, 0.25) is 5.91 Å². The topological polar surface area (TPSA) is 81.7 Å². The Bertz CT molecular complexity index is 526. The second-order valence-electron chi connectivity index (χ2n) is 4.05. The highest BCUT2D eigenvalue weighted by Crippen LogP contribution is 2.22. The van der Waals surface area contributed by atoms with Crippen LogP contribution in [0.4, 0.5) is 0 Å². The van der Waals surface area contributed by atoms with Crippen LogP contribution in [0.5, 0.6) is 5.75 Å². The van der Waals surface area contributed by atoms with Gasteiger partial charge in [0.25, 0.3) is 5.91 Å². The fraction of sp³-hybridized carbons (Fsp3) is 0.308. The zero-order chi connectivity index (χ0) is 13.8. The number of methoxy groups -OCH3 is 1. The number of imide groups is 1. The van der Waals surface area contributed by atoms with Gasteiger partial charge in [-0.2, -0.15) is 0 Å². The van der Waals surface area contributed by atoms with E-state index in [9.17, 15) is 14.4 Å². The molecule has 1 N–H and O–H groups in total. The summed E-state index contributed by atoms with van der Waals surface area (Å²) in [5.41, 5.74) is 0.245. The molecule has 0 radical (unpaired) electrons. The Morgan fingerprint density at radius 3 is 2.74 bits per heavy atom. The molecule has 2 rings (SSSR count). The van der Waals surface area contributed by atoms with E-state index in [0.29, 0.717) is 6.42 Å². The number of para-hydroxylation sites is 1. The second-order valence-corrected chi connectivity index (χ2v) is 4.05. The van der Waals surface area contributed by atoms with Crippen molar-refractivity contribution in [2.45, 2.75) is 18.9 Å². The van der Waals surface area contributed by atoms with Crippen molar-refractivity contribution >= 4 is 17.8 Å². The summed E-state index contributed by atoms with van der Waals surface area (Å²) in [7, 11) is 1.27. The van der Waals surface area contributed by atoms with Crippen LogP contribution in [0.3, 0.4) is 0 Å². The summed E-state index contributed by atoms with van der Waals surface area (Å²) in [6, 6.07) is 6.49. The van der Waals surface area contributed by atoms with E-state index in [1.165, 1.54) is 7.11 Å². The van der Waals surface area contributed by atoms with E-state index in [4.69, 9.17) is 4.74 Å². The van der Waals surface area contributed by atoms with Crippen molar-refractivity contribution in [3.8, 4) is 5.75 Å². The van der Waals surface area contributed by atoms with Gasteiger partial charge < -0.3 is 9.47 Å². The van der Waals surface area contributed by atoms with E-state index in [2.05, 4.69) is 10.1 Å². The molecule has 0 aromatic heterocycles. The van der Waals surface area contributed by atoms with Crippen molar-refractivity contribution in [2.75, 3.05) is 7.11 Å². The van der Waals surface area contributed by atoms with Crippen LogP contribution in [0.2, 0.25) is 0 Å². The summed E-state index contributed by atoms with van der Waals surface area (Å²) < 4.78 is 10.1. The fourth-order valence-electron chi connectivity index (χ4n) is 1.79. The van der Waals surface area contributed by atoms with Crippen LogP contribution in [0.25, 0.3) is 0 Å². The van der Waals surface area contributed by atoms with Crippen LogP contribution in [-0.4, -0.2) is 31.0 Å². The minimum absolute atomic E-state index is 0.219. The first-order valence-corrected chi connectivity index (χ1v) is 5.79. The van der Waals surface area contributed by atoms with Crippen LogP contribution >= 0.6 is 0 Å². The van der Waals surface area contributed by atoms with E-state index in [0.717, 1.165) is 0 Å². The molecule has 6 nitrogen and oxygen atoms in total. The number of piperidine rings is 1. The Hall–Kier alpha value is -2.37. The van der Waals surface area contributed by atoms with Crippen LogP contribution in [0.1, 0.15) is 23.2 Å². The number of hydrogen-bond donors (Lipinski definition) is 1. The van der Waals surface area contributed by atoms with Crippen molar-refractivity contribution < 1.29 is 23.9 Å². The highest BCUT2D eigenvalue weighted by Gasteiger charge is 2.29. The van der Waals surface area contributed by atoms with Crippen LogP contribution in [-0.2, 0) is 14.3 Å². The standard InChI is InChI=1S/C13H13NO5/c1-18-13(17)8-4-2-3-5-9(8)19-10-6-7-11(15)14-12(10)16/h2-5,10H,6-7H2,1H3,(H,14,15,16). The summed E-state index contributed by atoms with van der Waals surface area (Å²) >= 11 is 0. The van der Waals surface area contributed by atoms with Crippen molar-refractivity contribution in [1.82, 2.24) is 5.32 Å². The quantitative estimate of drug-likeness (QED) is 0.640. The van der Waals surface area contributed by atoms with Gasteiger partial charge in [-0.25, -0.2) is 4.79 Å². The SMILES string of the molecule is COC(=O)c1ccccc1OC1CCC(=O)NC1=O. The molecule has 0 spiro atoms. The Labute approximate surface area is 109 Å². The largest absolute Gasteiger partial charge is 0.480 e. The number of benzene rings is 1. The Kier molecular flexibility index (Phi) is 3.79. The molecule has 1 aliphatic heterocycles. The maximum absolute atomic E-state index is 11.6. The summed E-state index contributed by atoms with van der Waals surface area (Å²) in [5, 5.41) is 2.19. The van der Waals surface area contributed by atoms with Gasteiger partial charge in [0, 0.05) is 12.8 Å². The molecule has 1 fully saturated rings. The van der Waals surface area contributed by atoms with Gasteiger partial charge in [0.1, 0.15) is 11.3 Å². The number of amides is 2. The summed E-state index contributed by atoms with van der Waals surface area (Å²) in [6.45, 7) is 0. The van der Waals surface area contributed by atoms with Gasteiger partial charge in [-0.1, -0.05) is 12.1 Å². The number of hydrogen-bond acceptors (Lipinski definition) is 5. The van der Waals surface area contributed by atoms with Crippen molar-refractivity contribution in [1.29, 1.82) is 0 Å². The van der Waals surface area contributed by atoms with Gasteiger partial charge in [0.05, 0.1) is 7.11 Å². The van der Waals surface area contributed by atoms with E-state index in [-0.39, 0.29) is 23.6 Å². The van der Waals surface area contributed by atoms with Crippen molar-refractivity contribution in [3.05, 3.63) is 29.8 Å². The number of ether oxygens (including phenoxy) is 2. The number of nitrogens with one attached hydrogen (secondary N) is 1. The Morgan fingerprint density at radius 2 is 2.05 bits per heavy atom. The first-order valence-electron chi connectivity index (χ1n) is 5.79. The molecule has 100 valence electrons. The maximum Gasteiger partial charge on any atom is 0.341 e. The highest BCUT2D eigenvalue weighted by atomic mass is 16.5. The molecule has 1 unspecified atom stereocenters. The highest BCUT2D eigenvalue weighted by molar-refractivity contribution is 6.00. The monoisotopic (exact) mass is 263 g/mol. The zero-order valence-electron chi connectivity index (χ0n) is 10.3. The molecule has 0 saturated carbocycles. The zero-order valence-corrected chi connectivity index (χ0v) is 10.3. The van der Waals surface area contributed by atoms with Gasteiger partial charge in [-0.15, -0.1) is 0 Å². The van der Waals surface area contributed by atoms with Crippen LogP contribution in [0, 0.1) is 0 Å². The lowest BCUT2D eigenvalue weighted by Gasteiger charge is -2.22.